The van der Waals surface area contributed by atoms with E-state index in [2.05, 4.69) is 25.9 Å². The van der Waals surface area contributed by atoms with Crippen molar-refractivity contribution >= 4 is 33.2 Å². The molecule has 2 aromatic heterocycles. The molecule has 56 valence electrons. The zero-order valence-electron chi connectivity index (χ0n) is 5.33. The molecule has 0 spiro atoms. The summed E-state index contributed by atoms with van der Waals surface area (Å²) in [6.45, 7) is 0. The monoisotopic (exact) mass is 231 g/mol. The van der Waals surface area contributed by atoms with Gasteiger partial charge in [0.05, 0.1) is 4.60 Å². The van der Waals surface area contributed by atoms with Gasteiger partial charge in [0.2, 0.25) is 5.28 Å². The lowest BCUT2D eigenvalue weighted by Gasteiger charge is -1.95. The number of nitrogens with zero attached hydrogens (tertiary/aromatic N) is 3. The first-order valence-electron chi connectivity index (χ1n) is 2.92. The molecule has 0 aliphatic rings. The van der Waals surface area contributed by atoms with Gasteiger partial charge in [-0.2, -0.15) is 0 Å². The van der Waals surface area contributed by atoms with Gasteiger partial charge in [0.15, 0.2) is 0 Å². The number of hydrogen-bond donors (Lipinski definition) is 0. The molecule has 0 saturated carbocycles. The molecule has 2 aromatic rings. The first-order chi connectivity index (χ1) is 5.29. The van der Waals surface area contributed by atoms with Crippen LogP contribution in [0, 0.1) is 0 Å². The molecule has 0 unspecified atom stereocenters. The predicted molar refractivity (Wildman–Crippen MR) is 45.7 cm³/mol. The zero-order chi connectivity index (χ0) is 7.84. The Bertz CT molecular complexity index is 398. The van der Waals surface area contributed by atoms with Gasteiger partial charge < -0.3 is 0 Å². The van der Waals surface area contributed by atoms with E-state index in [9.17, 15) is 0 Å². The molecule has 0 radical (unpaired) electrons. The summed E-state index contributed by atoms with van der Waals surface area (Å²) in [5, 5.41) is 0.409. The Hall–Kier alpha value is -0.610. The van der Waals surface area contributed by atoms with Gasteiger partial charge in [-0.25, -0.2) is 9.97 Å². The molecule has 3 nitrogen and oxygen atoms in total. The van der Waals surface area contributed by atoms with Gasteiger partial charge >= 0.3 is 0 Å². The number of halogens is 2. The van der Waals surface area contributed by atoms with Gasteiger partial charge in [0.25, 0.3) is 0 Å². The topological polar surface area (TPSA) is 30.2 Å². The van der Waals surface area contributed by atoms with Crippen molar-refractivity contribution in [3.63, 3.8) is 0 Å². The number of hydrogen-bond acceptors (Lipinski definition) is 2. The van der Waals surface area contributed by atoms with Crippen LogP contribution in [0.2, 0.25) is 5.28 Å². The highest BCUT2D eigenvalue weighted by molar-refractivity contribution is 9.10. The van der Waals surface area contributed by atoms with Crippen LogP contribution in [-0.4, -0.2) is 14.4 Å². The zero-order valence-corrected chi connectivity index (χ0v) is 7.67. The van der Waals surface area contributed by atoms with Crippen molar-refractivity contribution in [2.24, 2.45) is 0 Å². The number of aromatic nitrogens is 3. The van der Waals surface area contributed by atoms with E-state index >= 15 is 0 Å². The summed E-state index contributed by atoms with van der Waals surface area (Å²) in [4.78, 5) is 7.83. The lowest BCUT2D eigenvalue weighted by Crippen LogP contribution is -1.91. The molecule has 0 atom stereocenters. The van der Waals surface area contributed by atoms with E-state index in [1.807, 2.05) is 12.1 Å². The molecule has 0 amide bonds. The maximum Gasteiger partial charge on any atom is 0.210 e. The summed E-state index contributed by atoms with van der Waals surface area (Å²) in [6, 6.07) is 3.73. The summed E-state index contributed by atoms with van der Waals surface area (Å²) in [5.74, 6) is 0. The Balaban J connectivity index is 2.96. The Morgan fingerprint density at radius 2 is 2.18 bits per heavy atom. The fraction of sp³-hybridized carbons (Fsp3) is 0. The Kier molecular flexibility index (Phi) is 1.58. The van der Waals surface area contributed by atoms with Crippen molar-refractivity contribution in [2.75, 3.05) is 0 Å². The minimum atomic E-state index is 0.409. The van der Waals surface area contributed by atoms with E-state index in [-0.39, 0.29) is 0 Å². The summed E-state index contributed by atoms with van der Waals surface area (Å²) >= 11 is 9.10. The van der Waals surface area contributed by atoms with E-state index in [1.165, 1.54) is 6.33 Å². The second-order valence-corrected chi connectivity index (χ2v) is 3.14. The summed E-state index contributed by atoms with van der Waals surface area (Å²) in [6.07, 6.45) is 1.43. The van der Waals surface area contributed by atoms with Crippen LogP contribution in [0.25, 0.3) is 5.65 Å². The van der Waals surface area contributed by atoms with Crippen molar-refractivity contribution in [3.8, 4) is 0 Å². The van der Waals surface area contributed by atoms with Crippen LogP contribution < -0.4 is 0 Å². The van der Waals surface area contributed by atoms with Gasteiger partial charge in [0.1, 0.15) is 12.0 Å². The number of rotatable bonds is 0. The van der Waals surface area contributed by atoms with E-state index < -0.39 is 0 Å². The molecule has 0 N–H and O–H groups in total. The van der Waals surface area contributed by atoms with Crippen molar-refractivity contribution in [1.82, 2.24) is 14.4 Å². The lowest BCUT2D eigenvalue weighted by atomic mass is 10.6. The molecule has 0 bridgehead atoms. The molecule has 2 rings (SSSR count). The Labute approximate surface area is 76.2 Å². The van der Waals surface area contributed by atoms with E-state index in [0.717, 1.165) is 10.3 Å². The van der Waals surface area contributed by atoms with E-state index in [0.29, 0.717) is 5.28 Å². The van der Waals surface area contributed by atoms with Gasteiger partial charge in [-0.05, 0) is 39.7 Å². The van der Waals surface area contributed by atoms with Gasteiger partial charge in [-0.1, -0.05) is 0 Å². The second-order valence-electron chi connectivity index (χ2n) is 1.99. The van der Waals surface area contributed by atoms with Crippen molar-refractivity contribution < 1.29 is 0 Å². The fourth-order valence-electron chi connectivity index (χ4n) is 0.879. The summed E-state index contributed by atoms with van der Waals surface area (Å²) in [5.41, 5.74) is 0.789. The van der Waals surface area contributed by atoms with Crippen LogP contribution in [-0.2, 0) is 0 Å². The van der Waals surface area contributed by atoms with Crippen molar-refractivity contribution in [2.45, 2.75) is 0 Å². The number of fused-ring (bicyclic) bond motifs is 1. The van der Waals surface area contributed by atoms with E-state index in [4.69, 9.17) is 11.6 Å². The predicted octanol–water partition coefficient (Wildman–Crippen LogP) is 2.15. The third-order valence-corrected chi connectivity index (χ3v) is 2.24. The Morgan fingerprint density at radius 3 is 2.91 bits per heavy atom. The van der Waals surface area contributed by atoms with Crippen molar-refractivity contribution in [1.29, 1.82) is 0 Å². The van der Waals surface area contributed by atoms with Crippen LogP contribution in [0.1, 0.15) is 0 Å². The molecule has 0 aliphatic heterocycles. The molecule has 0 aromatic carbocycles. The average molecular weight is 232 g/mol. The second kappa shape index (κ2) is 2.46. The fourth-order valence-corrected chi connectivity index (χ4v) is 1.68. The maximum atomic E-state index is 5.79. The average Bonchev–Trinajstić information content (AvgIpc) is 2.34. The normalized spacial score (nSPS) is 10.7. The van der Waals surface area contributed by atoms with Crippen LogP contribution in [0.3, 0.4) is 0 Å². The molecule has 11 heavy (non-hydrogen) atoms. The Morgan fingerprint density at radius 1 is 1.36 bits per heavy atom. The summed E-state index contributed by atoms with van der Waals surface area (Å²) < 4.78 is 2.57. The molecular formula is C6H3BrClN3. The molecule has 0 fully saturated rings. The minimum absolute atomic E-state index is 0.409. The minimum Gasteiger partial charge on any atom is -0.262 e. The first-order valence-corrected chi connectivity index (χ1v) is 4.09. The largest absolute Gasteiger partial charge is 0.262 e. The molecule has 0 saturated heterocycles. The van der Waals surface area contributed by atoms with Crippen molar-refractivity contribution in [3.05, 3.63) is 28.3 Å². The quantitative estimate of drug-likeness (QED) is 0.697. The lowest BCUT2D eigenvalue weighted by molar-refractivity contribution is 1.01. The third-order valence-electron chi connectivity index (χ3n) is 1.35. The van der Waals surface area contributed by atoms with Gasteiger partial charge in [-0.15, -0.1) is 0 Å². The maximum absolute atomic E-state index is 5.79. The van der Waals surface area contributed by atoms with Gasteiger partial charge in [0, 0.05) is 0 Å². The van der Waals surface area contributed by atoms with Crippen LogP contribution >= 0.6 is 27.5 Å². The molecular weight excluding hydrogens is 229 g/mol. The van der Waals surface area contributed by atoms with Crippen LogP contribution in [0.4, 0.5) is 0 Å². The smallest absolute Gasteiger partial charge is 0.210 e. The first kappa shape index (κ1) is 7.06. The third kappa shape index (κ3) is 1.02. The highest BCUT2D eigenvalue weighted by atomic mass is 79.9. The highest BCUT2D eigenvalue weighted by Gasteiger charge is 2.02. The highest BCUT2D eigenvalue weighted by Crippen LogP contribution is 2.17. The summed E-state index contributed by atoms with van der Waals surface area (Å²) in [7, 11) is 0. The SMILES string of the molecule is Clc1ncnc2ccc(Br)n12. The standard InChI is InChI=1S/C6H3BrClN3/c7-4-1-2-5-9-3-10-6(8)11(4)5/h1-3H. The molecule has 0 aliphatic carbocycles. The van der Waals surface area contributed by atoms with E-state index in [1.54, 1.807) is 4.40 Å². The van der Waals surface area contributed by atoms with Crippen LogP contribution in [0.5, 0.6) is 0 Å². The van der Waals surface area contributed by atoms with Gasteiger partial charge in [-0.3, -0.25) is 4.40 Å². The molecule has 5 heteroatoms. The molecule has 2 heterocycles. The van der Waals surface area contributed by atoms with Crippen LogP contribution in [0.15, 0.2) is 23.1 Å².